The maximum absolute atomic E-state index is 13.7. The highest BCUT2D eigenvalue weighted by atomic mass is 79.9. The van der Waals surface area contributed by atoms with E-state index in [1.54, 1.807) is 0 Å². The average Bonchev–Trinajstić information content (AvgIpc) is 2.27. The number of rotatable bonds is 2. The molecule has 1 aromatic rings. The molecule has 0 saturated heterocycles. The Bertz CT molecular complexity index is 394. The second-order valence-electron chi connectivity index (χ2n) is 5.23. The lowest BCUT2D eigenvalue weighted by Gasteiger charge is -2.33. The van der Waals surface area contributed by atoms with Crippen LogP contribution in [0.4, 0.5) is 10.1 Å². The topological polar surface area (TPSA) is 12.0 Å². The Morgan fingerprint density at radius 1 is 1.24 bits per heavy atom. The van der Waals surface area contributed by atoms with Crippen LogP contribution in [0.5, 0.6) is 0 Å². The maximum Gasteiger partial charge on any atom is 0.147 e. The third-order valence-electron chi connectivity index (χ3n) is 3.89. The van der Waals surface area contributed by atoms with E-state index in [0.29, 0.717) is 11.7 Å². The summed E-state index contributed by atoms with van der Waals surface area (Å²) in [5.74, 6) is 1.34. The quantitative estimate of drug-likeness (QED) is 0.825. The van der Waals surface area contributed by atoms with E-state index in [9.17, 15) is 4.39 Å². The molecule has 17 heavy (non-hydrogen) atoms. The Balaban J connectivity index is 2.01. The first-order valence-electron chi connectivity index (χ1n) is 6.28. The van der Waals surface area contributed by atoms with Crippen LogP contribution in [0, 0.1) is 17.7 Å². The lowest BCUT2D eigenvalue weighted by atomic mass is 9.79. The molecule has 0 aliphatic heterocycles. The van der Waals surface area contributed by atoms with E-state index >= 15 is 0 Å². The normalized spacial score (nSPS) is 29.1. The van der Waals surface area contributed by atoms with Gasteiger partial charge in [-0.05, 0) is 49.3 Å². The van der Waals surface area contributed by atoms with Gasteiger partial charge in [0.15, 0.2) is 0 Å². The Kier molecular flexibility index (Phi) is 4.08. The lowest BCUT2D eigenvalue weighted by Crippen LogP contribution is -2.30. The molecule has 1 aliphatic carbocycles. The maximum atomic E-state index is 13.7. The van der Waals surface area contributed by atoms with Crippen LogP contribution in [0.25, 0.3) is 0 Å². The Hall–Kier alpha value is -0.570. The molecule has 1 saturated carbocycles. The Morgan fingerprint density at radius 2 is 2.00 bits per heavy atom. The van der Waals surface area contributed by atoms with Crippen molar-refractivity contribution in [1.82, 2.24) is 0 Å². The van der Waals surface area contributed by atoms with Crippen LogP contribution in [-0.2, 0) is 0 Å². The lowest BCUT2D eigenvalue weighted by molar-refractivity contribution is 0.260. The summed E-state index contributed by atoms with van der Waals surface area (Å²) in [5.41, 5.74) is 0.625. The predicted molar refractivity (Wildman–Crippen MR) is 73.7 cm³/mol. The van der Waals surface area contributed by atoms with Gasteiger partial charge in [0.2, 0.25) is 0 Å². The highest BCUT2D eigenvalue weighted by Crippen LogP contribution is 2.31. The number of benzene rings is 1. The van der Waals surface area contributed by atoms with Crippen molar-refractivity contribution in [1.29, 1.82) is 0 Å². The van der Waals surface area contributed by atoms with Crippen LogP contribution >= 0.6 is 15.9 Å². The van der Waals surface area contributed by atoms with E-state index < -0.39 is 0 Å². The van der Waals surface area contributed by atoms with Crippen molar-refractivity contribution in [3.05, 3.63) is 28.5 Å². The van der Waals surface area contributed by atoms with Gasteiger partial charge in [0.1, 0.15) is 5.82 Å². The second kappa shape index (κ2) is 5.38. The molecule has 0 amide bonds. The summed E-state index contributed by atoms with van der Waals surface area (Å²) in [6.07, 6.45) is 3.51. The minimum Gasteiger partial charge on any atom is -0.380 e. The molecule has 0 spiro atoms. The molecule has 1 nitrogen and oxygen atoms in total. The van der Waals surface area contributed by atoms with Gasteiger partial charge in [-0.15, -0.1) is 0 Å². The zero-order valence-electron chi connectivity index (χ0n) is 10.3. The van der Waals surface area contributed by atoms with E-state index in [-0.39, 0.29) is 5.82 Å². The zero-order chi connectivity index (χ0) is 12.4. The molecule has 94 valence electrons. The van der Waals surface area contributed by atoms with Gasteiger partial charge in [-0.3, -0.25) is 0 Å². The first-order chi connectivity index (χ1) is 8.06. The highest BCUT2D eigenvalue weighted by Gasteiger charge is 2.24. The van der Waals surface area contributed by atoms with Gasteiger partial charge in [-0.1, -0.05) is 29.8 Å². The van der Waals surface area contributed by atoms with Crippen molar-refractivity contribution in [3.63, 3.8) is 0 Å². The van der Waals surface area contributed by atoms with Crippen LogP contribution in [0.1, 0.15) is 33.1 Å². The van der Waals surface area contributed by atoms with Crippen molar-refractivity contribution in [2.24, 2.45) is 11.8 Å². The molecule has 1 fully saturated rings. The van der Waals surface area contributed by atoms with Crippen molar-refractivity contribution in [2.45, 2.75) is 39.2 Å². The largest absolute Gasteiger partial charge is 0.380 e. The summed E-state index contributed by atoms with van der Waals surface area (Å²) in [6.45, 7) is 4.59. The summed E-state index contributed by atoms with van der Waals surface area (Å²) in [6, 6.07) is 5.61. The van der Waals surface area contributed by atoms with Gasteiger partial charge < -0.3 is 5.32 Å². The van der Waals surface area contributed by atoms with E-state index in [1.807, 2.05) is 12.1 Å². The van der Waals surface area contributed by atoms with Crippen molar-refractivity contribution in [3.8, 4) is 0 Å². The first-order valence-corrected chi connectivity index (χ1v) is 7.07. The average molecular weight is 300 g/mol. The standard InChI is InChI=1S/C14H19BrFN/c1-9-3-5-12(7-10(9)2)17-14-6-4-11(15)8-13(14)16/h4,6,8-10,12,17H,3,5,7H2,1-2H3. The van der Waals surface area contributed by atoms with Gasteiger partial charge >= 0.3 is 0 Å². The predicted octanol–water partition coefficient (Wildman–Crippen LogP) is 4.82. The van der Waals surface area contributed by atoms with Gasteiger partial charge in [0.25, 0.3) is 0 Å². The highest BCUT2D eigenvalue weighted by molar-refractivity contribution is 9.10. The Labute approximate surface area is 111 Å². The summed E-state index contributed by atoms with van der Waals surface area (Å²) in [7, 11) is 0. The fourth-order valence-electron chi connectivity index (χ4n) is 2.51. The fraction of sp³-hybridized carbons (Fsp3) is 0.571. The first kappa shape index (κ1) is 12.9. The molecule has 3 unspecified atom stereocenters. The second-order valence-corrected chi connectivity index (χ2v) is 6.15. The molecular weight excluding hydrogens is 281 g/mol. The summed E-state index contributed by atoms with van der Waals surface area (Å²) in [4.78, 5) is 0. The molecule has 0 bridgehead atoms. The Morgan fingerprint density at radius 3 is 2.65 bits per heavy atom. The van der Waals surface area contributed by atoms with Crippen LogP contribution in [0.2, 0.25) is 0 Å². The van der Waals surface area contributed by atoms with Crippen LogP contribution in [0.3, 0.4) is 0 Å². The van der Waals surface area contributed by atoms with E-state index in [4.69, 9.17) is 0 Å². The van der Waals surface area contributed by atoms with Crippen molar-refractivity contribution < 1.29 is 4.39 Å². The van der Waals surface area contributed by atoms with Crippen LogP contribution in [0.15, 0.2) is 22.7 Å². The van der Waals surface area contributed by atoms with Crippen LogP contribution < -0.4 is 5.32 Å². The molecule has 1 aliphatic rings. The van der Waals surface area contributed by atoms with Crippen molar-refractivity contribution in [2.75, 3.05) is 5.32 Å². The number of hydrogen-bond acceptors (Lipinski definition) is 1. The van der Waals surface area contributed by atoms with Crippen LogP contribution in [-0.4, -0.2) is 6.04 Å². The molecule has 0 aromatic heterocycles. The van der Waals surface area contributed by atoms with E-state index in [2.05, 4.69) is 35.1 Å². The molecule has 1 N–H and O–H groups in total. The SMILES string of the molecule is CC1CCC(Nc2ccc(Br)cc2F)CC1C. The summed E-state index contributed by atoms with van der Waals surface area (Å²) in [5, 5.41) is 3.33. The fourth-order valence-corrected chi connectivity index (χ4v) is 2.84. The smallest absolute Gasteiger partial charge is 0.147 e. The number of halogens is 2. The summed E-state index contributed by atoms with van der Waals surface area (Å²) < 4.78 is 14.5. The number of hydrogen-bond donors (Lipinski definition) is 1. The van der Waals surface area contributed by atoms with E-state index in [1.165, 1.54) is 12.5 Å². The minimum atomic E-state index is -0.175. The molecular formula is C14H19BrFN. The van der Waals surface area contributed by atoms with Gasteiger partial charge in [0, 0.05) is 10.5 Å². The molecule has 2 rings (SSSR count). The third kappa shape index (κ3) is 3.21. The number of nitrogens with one attached hydrogen (secondary N) is 1. The molecule has 0 heterocycles. The molecule has 1 aromatic carbocycles. The van der Waals surface area contributed by atoms with Gasteiger partial charge in [-0.25, -0.2) is 4.39 Å². The monoisotopic (exact) mass is 299 g/mol. The number of anilines is 1. The van der Waals surface area contributed by atoms with Gasteiger partial charge in [0.05, 0.1) is 5.69 Å². The molecule has 3 atom stereocenters. The van der Waals surface area contributed by atoms with Crippen molar-refractivity contribution >= 4 is 21.6 Å². The zero-order valence-corrected chi connectivity index (χ0v) is 11.9. The molecule has 3 heteroatoms. The van der Waals surface area contributed by atoms with Gasteiger partial charge in [-0.2, -0.15) is 0 Å². The summed E-state index contributed by atoms with van der Waals surface area (Å²) >= 11 is 3.27. The van der Waals surface area contributed by atoms with E-state index in [0.717, 1.165) is 29.2 Å². The minimum absolute atomic E-state index is 0.175. The third-order valence-corrected chi connectivity index (χ3v) is 4.38. The molecule has 0 radical (unpaired) electrons.